The maximum absolute atomic E-state index is 13.8. The molecule has 0 radical (unpaired) electrons. The number of hydrogen-bond donors (Lipinski definition) is 1. The maximum Gasteiger partial charge on any atom is 0.318 e. The highest BCUT2D eigenvalue weighted by atomic mass is 19.1. The monoisotopic (exact) mass is 363 g/mol. The minimum atomic E-state index is -0.863. The van der Waals surface area contributed by atoms with Gasteiger partial charge >= 0.3 is 6.03 Å². The van der Waals surface area contributed by atoms with Crippen LogP contribution >= 0.6 is 0 Å². The number of carbonyl (C=O) groups excluding carboxylic acids is 1. The number of nitrogens with zero attached hydrogens (tertiary/aromatic N) is 4. The summed E-state index contributed by atoms with van der Waals surface area (Å²) in [6, 6.07) is 0.160. The summed E-state index contributed by atoms with van der Waals surface area (Å²) in [5.41, 5.74) is 1.02. The van der Waals surface area contributed by atoms with Crippen LogP contribution in [0.3, 0.4) is 0 Å². The maximum atomic E-state index is 13.8. The molecule has 0 aromatic carbocycles. The second-order valence-electron chi connectivity index (χ2n) is 6.13. The zero-order chi connectivity index (χ0) is 18.8. The van der Waals surface area contributed by atoms with Crippen molar-refractivity contribution in [3.05, 3.63) is 57.3 Å². The van der Waals surface area contributed by atoms with Crippen molar-refractivity contribution in [3.8, 4) is 0 Å². The van der Waals surface area contributed by atoms with Gasteiger partial charge in [0.1, 0.15) is 11.6 Å². The van der Waals surface area contributed by atoms with Gasteiger partial charge < -0.3 is 10.2 Å². The molecule has 2 amide bonds. The molecular formula is C17H19F2N5O2. The lowest BCUT2D eigenvalue weighted by atomic mass is 10.1. The second-order valence-corrected chi connectivity index (χ2v) is 6.13. The van der Waals surface area contributed by atoms with Gasteiger partial charge in [-0.2, -0.15) is 5.10 Å². The van der Waals surface area contributed by atoms with Crippen LogP contribution in [0.5, 0.6) is 0 Å². The molecule has 3 heterocycles. The number of aryl methyl sites for hydroxylation is 1. The zero-order valence-corrected chi connectivity index (χ0v) is 14.5. The molecule has 1 aliphatic heterocycles. The van der Waals surface area contributed by atoms with Gasteiger partial charge in [-0.25, -0.2) is 18.3 Å². The Bertz CT molecular complexity index is 879. The quantitative estimate of drug-likeness (QED) is 0.901. The van der Waals surface area contributed by atoms with E-state index in [9.17, 15) is 18.4 Å². The number of aromatic nitrogens is 3. The van der Waals surface area contributed by atoms with E-state index in [-0.39, 0.29) is 17.7 Å². The Balaban J connectivity index is 1.74. The fourth-order valence-corrected chi connectivity index (χ4v) is 3.02. The van der Waals surface area contributed by atoms with Gasteiger partial charge in [0.25, 0.3) is 5.56 Å². The van der Waals surface area contributed by atoms with E-state index < -0.39 is 23.7 Å². The van der Waals surface area contributed by atoms with Crippen LogP contribution in [0.15, 0.2) is 23.3 Å². The number of hydrogen-bond acceptors (Lipinski definition) is 4. The van der Waals surface area contributed by atoms with Crippen molar-refractivity contribution in [1.29, 1.82) is 0 Å². The Morgan fingerprint density at radius 2 is 2.04 bits per heavy atom. The van der Waals surface area contributed by atoms with E-state index in [1.165, 1.54) is 22.6 Å². The predicted molar refractivity (Wildman–Crippen MR) is 89.4 cm³/mol. The summed E-state index contributed by atoms with van der Waals surface area (Å²) < 4.78 is 29.0. The van der Waals surface area contributed by atoms with Gasteiger partial charge in [0.2, 0.25) is 0 Å². The smallest absolute Gasteiger partial charge is 0.318 e. The topological polar surface area (TPSA) is 80.1 Å². The van der Waals surface area contributed by atoms with Crippen molar-refractivity contribution in [1.82, 2.24) is 25.0 Å². The highest BCUT2D eigenvalue weighted by Gasteiger charge is 2.25. The minimum absolute atomic E-state index is 0.220. The molecule has 0 saturated heterocycles. The number of fused-ring (bicyclic) bond motifs is 1. The molecule has 1 unspecified atom stereocenters. The Labute approximate surface area is 148 Å². The van der Waals surface area contributed by atoms with Gasteiger partial charge in [-0.3, -0.25) is 9.78 Å². The lowest BCUT2D eigenvalue weighted by molar-refractivity contribution is 0.187. The van der Waals surface area contributed by atoms with Gasteiger partial charge in [0, 0.05) is 43.2 Å². The van der Waals surface area contributed by atoms with Crippen LogP contribution in [0.2, 0.25) is 0 Å². The van der Waals surface area contributed by atoms with Gasteiger partial charge in [-0.05, 0) is 13.8 Å². The number of pyridine rings is 1. The van der Waals surface area contributed by atoms with Crippen molar-refractivity contribution in [2.45, 2.75) is 39.4 Å². The number of carbonyl (C=O) groups is 1. The van der Waals surface area contributed by atoms with Crippen LogP contribution in [-0.4, -0.2) is 32.2 Å². The van der Waals surface area contributed by atoms with E-state index in [2.05, 4.69) is 15.4 Å². The molecule has 1 atom stereocenters. The number of halogens is 2. The Morgan fingerprint density at radius 1 is 1.35 bits per heavy atom. The lowest BCUT2D eigenvalue weighted by Crippen LogP contribution is -2.44. The minimum Gasteiger partial charge on any atom is -0.331 e. The fourth-order valence-electron chi connectivity index (χ4n) is 3.02. The SMILES string of the molecule is CCn1nc2c(cc1=O)CN(C(=O)NC(C)c1c(F)cncc1F)CC2. The van der Waals surface area contributed by atoms with Gasteiger partial charge in [0.15, 0.2) is 0 Å². The van der Waals surface area contributed by atoms with E-state index in [0.29, 0.717) is 25.1 Å². The van der Waals surface area contributed by atoms with Crippen LogP contribution in [-0.2, 0) is 19.5 Å². The number of amides is 2. The Morgan fingerprint density at radius 3 is 2.69 bits per heavy atom. The largest absolute Gasteiger partial charge is 0.331 e. The first-order valence-electron chi connectivity index (χ1n) is 8.35. The van der Waals surface area contributed by atoms with Crippen molar-refractivity contribution in [2.24, 2.45) is 0 Å². The average molecular weight is 363 g/mol. The first-order valence-corrected chi connectivity index (χ1v) is 8.35. The molecule has 3 rings (SSSR count). The fraction of sp³-hybridized carbons (Fsp3) is 0.412. The molecule has 0 bridgehead atoms. The van der Waals surface area contributed by atoms with Crippen LogP contribution in [0.1, 0.15) is 36.7 Å². The molecule has 2 aromatic rings. The van der Waals surface area contributed by atoms with E-state index in [4.69, 9.17) is 0 Å². The first-order chi connectivity index (χ1) is 12.4. The summed E-state index contributed by atoms with van der Waals surface area (Å²) >= 11 is 0. The molecule has 7 nitrogen and oxygen atoms in total. The van der Waals surface area contributed by atoms with Crippen molar-refractivity contribution in [3.63, 3.8) is 0 Å². The second kappa shape index (κ2) is 7.19. The molecule has 0 spiro atoms. The average Bonchev–Trinajstić information content (AvgIpc) is 2.60. The third-order valence-corrected chi connectivity index (χ3v) is 4.39. The molecule has 9 heteroatoms. The summed E-state index contributed by atoms with van der Waals surface area (Å²) in [4.78, 5) is 29.3. The highest BCUT2D eigenvalue weighted by Crippen LogP contribution is 2.21. The van der Waals surface area contributed by atoms with E-state index >= 15 is 0 Å². The molecule has 26 heavy (non-hydrogen) atoms. The summed E-state index contributed by atoms with van der Waals surface area (Å²) in [5.74, 6) is -1.63. The van der Waals surface area contributed by atoms with Crippen molar-refractivity contribution >= 4 is 6.03 Å². The van der Waals surface area contributed by atoms with Crippen LogP contribution in [0.4, 0.5) is 13.6 Å². The number of nitrogens with one attached hydrogen (secondary N) is 1. The molecule has 1 aliphatic rings. The van der Waals surface area contributed by atoms with Gasteiger partial charge in [-0.1, -0.05) is 0 Å². The van der Waals surface area contributed by atoms with Gasteiger partial charge in [-0.15, -0.1) is 0 Å². The molecule has 2 aromatic heterocycles. The van der Waals surface area contributed by atoms with Crippen LogP contribution in [0.25, 0.3) is 0 Å². The summed E-state index contributed by atoms with van der Waals surface area (Å²) in [6.07, 6.45) is 2.32. The van der Waals surface area contributed by atoms with Crippen LogP contribution < -0.4 is 10.9 Å². The normalized spacial score (nSPS) is 14.7. The van der Waals surface area contributed by atoms with Gasteiger partial charge in [0.05, 0.1) is 24.1 Å². The molecule has 0 fully saturated rings. The number of urea groups is 1. The van der Waals surface area contributed by atoms with E-state index in [0.717, 1.165) is 18.1 Å². The standard InChI is InChI=1S/C17H19F2N5O2/c1-3-24-15(25)6-11-9-23(5-4-14(11)22-24)17(26)21-10(2)16-12(18)7-20-8-13(16)19/h6-8,10H,3-5,9H2,1-2H3,(H,21,26). The molecule has 0 saturated carbocycles. The third-order valence-electron chi connectivity index (χ3n) is 4.39. The lowest BCUT2D eigenvalue weighted by Gasteiger charge is -2.29. The van der Waals surface area contributed by atoms with Crippen LogP contribution in [0, 0.1) is 11.6 Å². The molecular weight excluding hydrogens is 344 g/mol. The van der Waals surface area contributed by atoms with E-state index in [1.54, 1.807) is 0 Å². The summed E-state index contributed by atoms with van der Waals surface area (Å²) in [5, 5.41) is 6.89. The van der Waals surface area contributed by atoms with Crippen molar-refractivity contribution < 1.29 is 13.6 Å². The summed E-state index contributed by atoms with van der Waals surface area (Å²) in [7, 11) is 0. The number of rotatable bonds is 3. The first kappa shape index (κ1) is 18.0. The highest BCUT2D eigenvalue weighted by molar-refractivity contribution is 5.75. The van der Waals surface area contributed by atoms with Crippen molar-refractivity contribution in [2.75, 3.05) is 6.54 Å². The summed E-state index contributed by atoms with van der Waals surface area (Å²) in [6.45, 7) is 4.45. The Hall–Kier alpha value is -2.84. The Kier molecular flexibility index (Phi) is 4.97. The zero-order valence-electron chi connectivity index (χ0n) is 14.5. The third kappa shape index (κ3) is 3.42. The molecule has 1 N–H and O–H groups in total. The molecule has 138 valence electrons. The van der Waals surface area contributed by atoms with E-state index in [1.807, 2.05) is 6.92 Å². The molecule has 0 aliphatic carbocycles. The predicted octanol–water partition coefficient (Wildman–Crippen LogP) is 1.77.